The van der Waals surface area contributed by atoms with Crippen LogP contribution in [0.1, 0.15) is 24.8 Å². The molecule has 0 N–H and O–H groups in total. The molecule has 0 atom stereocenters. The van der Waals surface area contributed by atoms with Crippen molar-refractivity contribution in [3.8, 4) is 0 Å². The average molecular weight is 249 g/mol. The van der Waals surface area contributed by atoms with Crippen LogP contribution in [0.4, 0.5) is 4.39 Å². The number of hydrogen-bond acceptors (Lipinski definition) is 2. The van der Waals surface area contributed by atoms with Gasteiger partial charge in [0.2, 0.25) is 5.91 Å². The van der Waals surface area contributed by atoms with E-state index in [0.717, 1.165) is 6.42 Å². The Hall–Kier alpha value is -1.71. The molecule has 1 aliphatic rings. The third-order valence-corrected chi connectivity index (χ3v) is 3.17. The molecule has 3 nitrogen and oxygen atoms in total. The van der Waals surface area contributed by atoms with Gasteiger partial charge in [0, 0.05) is 19.4 Å². The van der Waals surface area contributed by atoms with Crippen molar-refractivity contribution in [1.29, 1.82) is 0 Å². The number of aryl methyl sites for hydroxylation is 1. The fourth-order valence-electron chi connectivity index (χ4n) is 2.15. The van der Waals surface area contributed by atoms with Crippen LogP contribution >= 0.6 is 0 Å². The van der Waals surface area contributed by atoms with Crippen molar-refractivity contribution < 1.29 is 14.0 Å². The third kappa shape index (κ3) is 3.15. The molecule has 0 spiro atoms. The summed E-state index contributed by atoms with van der Waals surface area (Å²) in [5.74, 6) is -0.230. The molecule has 96 valence electrons. The van der Waals surface area contributed by atoms with Crippen LogP contribution in [0.5, 0.6) is 0 Å². The summed E-state index contributed by atoms with van der Waals surface area (Å²) >= 11 is 0. The lowest BCUT2D eigenvalue weighted by molar-refractivity contribution is -0.137. The maximum atomic E-state index is 13.4. The van der Waals surface area contributed by atoms with Gasteiger partial charge in [0.05, 0.1) is 6.54 Å². The van der Waals surface area contributed by atoms with Gasteiger partial charge in [-0.15, -0.1) is 0 Å². The van der Waals surface area contributed by atoms with Crippen LogP contribution < -0.4 is 0 Å². The Kier molecular flexibility index (Phi) is 4.07. The molecule has 1 saturated heterocycles. The standard InChI is InChI=1S/C14H16FNO2/c15-13-6-2-1-4-11(13)7-8-14(18)16-9-3-5-12(17)10-16/h1-2,4,6H,3,5,7-10H2. The number of carbonyl (C=O) groups excluding carboxylic acids is 2. The Morgan fingerprint density at radius 3 is 2.83 bits per heavy atom. The van der Waals surface area contributed by atoms with Crippen LogP contribution in [0, 0.1) is 5.82 Å². The Morgan fingerprint density at radius 2 is 2.11 bits per heavy atom. The lowest BCUT2D eigenvalue weighted by atomic mass is 10.1. The minimum absolute atomic E-state index is 0.0636. The second-order valence-electron chi connectivity index (χ2n) is 4.55. The second kappa shape index (κ2) is 5.76. The molecule has 1 aromatic rings. The maximum absolute atomic E-state index is 13.4. The van der Waals surface area contributed by atoms with Crippen molar-refractivity contribution in [1.82, 2.24) is 4.90 Å². The van der Waals surface area contributed by atoms with Gasteiger partial charge in [-0.2, -0.15) is 0 Å². The molecular weight excluding hydrogens is 233 g/mol. The van der Waals surface area contributed by atoms with Crippen molar-refractivity contribution in [3.05, 3.63) is 35.6 Å². The van der Waals surface area contributed by atoms with Gasteiger partial charge in [0.25, 0.3) is 0 Å². The van der Waals surface area contributed by atoms with Gasteiger partial charge in [0.1, 0.15) is 5.82 Å². The number of benzene rings is 1. The van der Waals surface area contributed by atoms with Crippen molar-refractivity contribution in [2.24, 2.45) is 0 Å². The number of amides is 1. The van der Waals surface area contributed by atoms with Crippen LogP contribution in [0.2, 0.25) is 0 Å². The van der Waals surface area contributed by atoms with Crippen molar-refractivity contribution in [2.45, 2.75) is 25.7 Å². The van der Waals surface area contributed by atoms with E-state index in [1.54, 1.807) is 23.1 Å². The first kappa shape index (κ1) is 12.7. The largest absolute Gasteiger partial charge is 0.335 e. The molecule has 1 heterocycles. The first-order valence-electron chi connectivity index (χ1n) is 6.19. The van der Waals surface area contributed by atoms with E-state index in [1.165, 1.54) is 6.07 Å². The van der Waals surface area contributed by atoms with Gasteiger partial charge in [-0.1, -0.05) is 18.2 Å². The minimum Gasteiger partial charge on any atom is -0.335 e. The highest BCUT2D eigenvalue weighted by atomic mass is 19.1. The van der Waals surface area contributed by atoms with E-state index in [-0.39, 0.29) is 30.5 Å². The van der Waals surface area contributed by atoms with Gasteiger partial charge < -0.3 is 4.90 Å². The molecule has 0 aliphatic carbocycles. The third-order valence-electron chi connectivity index (χ3n) is 3.17. The number of carbonyl (C=O) groups is 2. The number of rotatable bonds is 3. The van der Waals surface area contributed by atoms with Crippen molar-refractivity contribution in [3.63, 3.8) is 0 Å². The van der Waals surface area contributed by atoms with Crippen LogP contribution in [0.3, 0.4) is 0 Å². The Morgan fingerprint density at radius 1 is 1.33 bits per heavy atom. The molecule has 0 bridgehead atoms. The number of likely N-dealkylation sites (tertiary alicyclic amines) is 1. The quantitative estimate of drug-likeness (QED) is 0.821. The summed E-state index contributed by atoms with van der Waals surface area (Å²) < 4.78 is 13.4. The number of piperidine rings is 1. The number of Topliss-reactive ketones (excluding diaryl/α,β-unsaturated/α-hetero) is 1. The summed E-state index contributed by atoms with van der Waals surface area (Å²) in [6, 6.07) is 6.46. The van der Waals surface area contributed by atoms with E-state index in [0.29, 0.717) is 24.9 Å². The molecular formula is C14H16FNO2. The molecule has 0 aromatic heterocycles. The smallest absolute Gasteiger partial charge is 0.223 e. The monoisotopic (exact) mass is 249 g/mol. The molecule has 0 unspecified atom stereocenters. The van der Waals surface area contributed by atoms with Gasteiger partial charge in [-0.25, -0.2) is 4.39 Å². The number of halogens is 1. The lowest BCUT2D eigenvalue weighted by Crippen LogP contribution is -2.40. The zero-order chi connectivity index (χ0) is 13.0. The van der Waals surface area contributed by atoms with Crippen LogP contribution in [-0.2, 0) is 16.0 Å². The van der Waals surface area contributed by atoms with E-state index >= 15 is 0 Å². The number of nitrogens with zero attached hydrogens (tertiary/aromatic N) is 1. The van der Waals surface area contributed by atoms with Gasteiger partial charge in [-0.05, 0) is 24.5 Å². The summed E-state index contributed by atoms with van der Waals surface area (Å²) in [7, 11) is 0. The Labute approximate surface area is 106 Å². The van der Waals surface area contributed by atoms with Crippen LogP contribution in [-0.4, -0.2) is 29.7 Å². The summed E-state index contributed by atoms with van der Waals surface area (Å²) in [5.41, 5.74) is 0.550. The molecule has 1 fully saturated rings. The van der Waals surface area contributed by atoms with E-state index in [1.807, 2.05) is 0 Å². The highest BCUT2D eigenvalue weighted by Crippen LogP contribution is 2.12. The van der Waals surface area contributed by atoms with E-state index in [4.69, 9.17) is 0 Å². The normalized spacial score (nSPS) is 15.8. The first-order chi connectivity index (χ1) is 8.66. The van der Waals surface area contributed by atoms with Crippen molar-refractivity contribution in [2.75, 3.05) is 13.1 Å². The van der Waals surface area contributed by atoms with Crippen LogP contribution in [0.25, 0.3) is 0 Å². The molecule has 1 amide bonds. The molecule has 1 aromatic carbocycles. The fraction of sp³-hybridized carbons (Fsp3) is 0.429. The van der Waals surface area contributed by atoms with Gasteiger partial charge >= 0.3 is 0 Å². The Balaban J connectivity index is 1.88. The topological polar surface area (TPSA) is 37.4 Å². The summed E-state index contributed by atoms with van der Waals surface area (Å²) in [6.45, 7) is 0.859. The van der Waals surface area contributed by atoms with E-state index in [2.05, 4.69) is 0 Å². The molecule has 0 saturated carbocycles. The first-order valence-corrected chi connectivity index (χ1v) is 6.19. The predicted molar refractivity (Wildman–Crippen MR) is 65.5 cm³/mol. The highest BCUT2D eigenvalue weighted by Gasteiger charge is 2.21. The van der Waals surface area contributed by atoms with E-state index in [9.17, 15) is 14.0 Å². The molecule has 18 heavy (non-hydrogen) atoms. The molecule has 1 aliphatic heterocycles. The van der Waals surface area contributed by atoms with Crippen LogP contribution in [0.15, 0.2) is 24.3 Å². The van der Waals surface area contributed by atoms with Gasteiger partial charge in [0.15, 0.2) is 5.78 Å². The maximum Gasteiger partial charge on any atom is 0.223 e. The van der Waals surface area contributed by atoms with Gasteiger partial charge in [-0.3, -0.25) is 9.59 Å². The zero-order valence-corrected chi connectivity index (χ0v) is 10.2. The zero-order valence-electron chi connectivity index (χ0n) is 10.2. The SMILES string of the molecule is O=C1CCCN(C(=O)CCc2ccccc2F)C1. The van der Waals surface area contributed by atoms with E-state index < -0.39 is 0 Å². The fourth-order valence-corrected chi connectivity index (χ4v) is 2.15. The number of hydrogen-bond donors (Lipinski definition) is 0. The Bertz CT molecular complexity index is 459. The second-order valence-corrected chi connectivity index (χ2v) is 4.55. The molecule has 2 rings (SSSR count). The summed E-state index contributed by atoms with van der Waals surface area (Å²) in [4.78, 5) is 24.7. The highest BCUT2D eigenvalue weighted by molar-refractivity contribution is 5.87. The summed E-state index contributed by atoms with van der Waals surface area (Å²) in [5, 5.41) is 0. The molecule has 4 heteroatoms. The minimum atomic E-state index is -0.278. The average Bonchev–Trinajstić information content (AvgIpc) is 2.37. The summed E-state index contributed by atoms with van der Waals surface area (Å²) in [6.07, 6.45) is 1.95. The molecule has 0 radical (unpaired) electrons. The van der Waals surface area contributed by atoms with Crippen molar-refractivity contribution >= 4 is 11.7 Å². The predicted octanol–water partition coefficient (Wildman–Crippen LogP) is 1.95. The number of ketones is 1. The lowest BCUT2D eigenvalue weighted by Gasteiger charge is -2.25.